The molecule has 3 N–H and O–H groups in total. The molecule has 7 rings (SSSR count). The monoisotopic (exact) mass is 680 g/mol. The predicted octanol–water partition coefficient (Wildman–Crippen LogP) is 7.60. The van der Waals surface area contributed by atoms with Crippen LogP contribution in [0.25, 0.3) is 0 Å². The summed E-state index contributed by atoms with van der Waals surface area (Å²) in [6.45, 7) is 10.2. The Kier molecular flexibility index (Phi) is 9.40. The van der Waals surface area contributed by atoms with Gasteiger partial charge in [0.1, 0.15) is 11.7 Å². The van der Waals surface area contributed by atoms with Crippen molar-refractivity contribution in [3.63, 3.8) is 0 Å². The summed E-state index contributed by atoms with van der Waals surface area (Å²) in [4.78, 5) is 27.8. The molecule has 274 valence electrons. The summed E-state index contributed by atoms with van der Waals surface area (Å²) in [5, 5.41) is 35.9. The number of hydrogen-bond donors (Lipinski definition) is 3. The number of ether oxygens (including phenoxy) is 2. The molecule has 7 aliphatic rings. The SMILES string of the molecule is CCCCCCCCCC(O)OCC1=C[C@H]2[C@H](OC(=O)CC34CC5CC6CC(C3)C4(C6)C5)C(C)(C)C[C@@H](C)[C@]2(O)[C@@H]2C=C(C)C(=O)[C@@]2(O)C1. The third-order valence-electron chi connectivity index (χ3n) is 15.3. The van der Waals surface area contributed by atoms with Gasteiger partial charge in [0.15, 0.2) is 12.1 Å². The van der Waals surface area contributed by atoms with Crippen molar-refractivity contribution < 1.29 is 34.4 Å². The van der Waals surface area contributed by atoms with E-state index in [4.69, 9.17) is 9.47 Å². The summed E-state index contributed by atoms with van der Waals surface area (Å²) in [5.41, 5.74) is -2.27. The Bertz CT molecular complexity index is 1360. The fourth-order valence-electron chi connectivity index (χ4n) is 13.4. The maximum atomic E-state index is 14.2. The Morgan fingerprint density at radius 3 is 2.43 bits per heavy atom. The highest BCUT2D eigenvalue weighted by Gasteiger charge is 2.75. The number of hydrogen-bond acceptors (Lipinski definition) is 7. The van der Waals surface area contributed by atoms with Gasteiger partial charge in [-0.05, 0) is 110 Å². The smallest absolute Gasteiger partial charge is 0.306 e. The molecule has 0 aromatic carbocycles. The summed E-state index contributed by atoms with van der Waals surface area (Å²) in [7, 11) is 0. The molecule has 5 fully saturated rings. The summed E-state index contributed by atoms with van der Waals surface area (Å²) >= 11 is 0. The largest absolute Gasteiger partial charge is 0.461 e. The van der Waals surface area contributed by atoms with Gasteiger partial charge >= 0.3 is 5.97 Å². The van der Waals surface area contributed by atoms with Crippen molar-refractivity contribution in [3.8, 4) is 0 Å². The lowest BCUT2D eigenvalue weighted by Gasteiger charge is -2.59. The van der Waals surface area contributed by atoms with Gasteiger partial charge in [0.05, 0.1) is 18.6 Å². The van der Waals surface area contributed by atoms with Gasteiger partial charge in [-0.2, -0.15) is 0 Å². The van der Waals surface area contributed by atoms with E-state index in [0.29, 0.717) is 35.8 Å². The minimum absolute atomic E-state index is 0.0106. The predicted molar refractivity (Wildman–Crippen MR) is 188 cm³/mol. The second-order valence-electron chi connectivity index (χ2n) is 19.0. The lowest BCUT2D eigenvalue weighted by atomic mass is 9.45. The maximum absolute atomic E-state index is 14.2. The van der Waals surface area contributed by atoms with Gasteiger partial charge in [-0.3, -0.25) is 9.59 Å². The molecule has 5 saturated carbocycles. The van der Waals surface area contributed by atoms with Crippen LogP contribution in [0, 0.1) is 51.8 Å². The zero-order chi connectivity index (χ0) is 35.0. The van der Waals surface area contributed by atoms with Crippen LogP contribution in [0.4, 0.5) is 0 Å². The molecular formula is C42H64O7. The molecule has 1 spiro atoms. The van der Waals surface area contributed by atoms with Crippen LogP contribution in [0.3, 0.4) is 0 Å². The minimum atomic E-state index is -1.82. The Balaban J connectivity index is 1.11. The van der Waals surface area contributed by atoms with Crippen LogP contribution in [-0.2, 0) is 19.1 Å². The second-order valence-corrected chi connectivity index (χ2v) is 19.0. The number of carbonyl (C=O) groups excluding carboxylic acids is 2. The highest BCUT2D eigenvalue weighted by atomic mass is 16.6. The summed E-state index contributed by atoms with van der Waals surface area (Å²) < 4.78 is 12.6. The molecule has 49 heavy (non-hydrogen) atoms. The first kappa shape index (κ1) is 35.8. The van der Waals surface area contributed by atoms with Crippen molar-refractivity contribution in [3.05, 3.63) is 23.3 Å². The number of rotatable bonds is 14. The van der Waals surface area contributed by atoms with Gasteiger partial charge < -0.3 is 24.8 Å². The van der Waals surface area contributed by atoms with E-state index in [2.05, 4.69) is 20.8 Å². The van der Waals surface area contributed by atoms with Crippen LogP contribution in [0.5, 0.6) is 0 Å². The second kappa shape index (κ2) is 12.8. The number of carbonyl (C=O) groups is 2. The zero-order valence-electron chi connectivity index (χ0n) is 31.0. The third kappa shape index (κ3) is 5.74. The number of fused-ring (bicyclic) bond motifs is 5. The molecule has 0 amide bonds. The molecule has 0 aromatic rings. The number of ketones is 1. The minimum Gasteiger partial charge on any atom is -0.461 e. The van der Waals surface area contributed by atoms with Crippen molar-refractivity contribution in [2.24, 2.45) is 51.8 Å². The van der Waals surface area contributed by atoms with Crippen LogP contribution in [-0.4, -0.2) is 57.3 Å². The van der Waals surface area contributed by atoms with Crippen LogP contribution >= 0.6 is 0 Å². The van der Waals surface area contributed by atoms with Gasteiger partial charge in [-0.15, -0.1) is 0 Å². The molecular weight excluding hydrogens is 616 g/mol. The molecule has 7 nitrogen and oxygen atoms in total. The number of unbranched alkanes of at least 4 members (excludes halogenated alkanes) is 6. The zero-order valence-corrected chi connectivity index (χ0v) is 31.0. The fraction of sp³-hybridized carbons (Fsp3) is 0.857. The quantitative estimate of drug-likeness (QED) is 0.0750. The van der Waals surface area contributed by atoms with E-state index < -0.39 is 40.8 Å². The molecule has 0 saturated heterocycles. The van der Waals surface area contributed by atoms with Crippen molar-refractivity contribution in [1.82, 2.24) is 0 Å². The van der Waals surface area contributed by atoms with Gasteiger partial charge in [-0.25, -0.2) is 0 Å². The van der Waals surface area contributed by atoms with Crippen molar-refractivity contribution in [2.75, 3.05) is 6.61 Å². The molecule has 0 aromatic heterocycles. The van der Waals surface area contributed by atoms with Gasteiger partial charge in [0, 0.05) is 23.7 Å². The highest BCUT2D eigenvalue weighted by molar-refractivity contribution is 6.04. The first-order valence-electron chi connectivity index (χ1n) is 20.0. The van der Waals surface area contributed by atoms with E-state index in [9.17, 15) is 24.9 Å². The van der Waals surface area contributed by atoms with Crippen LogP contribution in [0.15, 0.2) is 23.3 Å². The number of aliphatic hydroxyl groups is 3. The first-order chi connectivity index (χ1) is 23.2. The maximum Gasteiger partial charge on any atom is 0.306 e. The third-order valence-corrected chi connectivity index (χ3v) is 15.3. The molecule has 12 atom stereocenters. The molecule has 6 unspecified atom stereocenters. The number of aliphatic hydroxyl groups excluding tert-OH is 1. The lowest BCUT2D eigenvalue weighted by molar-refractivity contribution is -0.221. The standard InChI is InChI=1S/C42H64O7/c1-6-7-8-9-10-11-12-13-34(43)48-25-30-17-32-37(49-35(44)24-39-19-29-15-28-16-31(23-39)40(39,20-28)21-29)38(4,5)18-27(3)42(32,47)33-14-26(2)36(45)41(33,46)22-30/h14,17,27-29,31-34,37,43,46-47H,6-13,15-16,18-25H2,1-5H3/t27-,28?,29?,31?,32+,33-,34?,37+,39?,40?,41-,42-/m1/s1. The topological polar surface area (TPSA) is 113 Å². The van der Waals surface area contributed by atoms with Crippen LogP contribution in [0.2, 0.25) is 0 Å². The molecule has 7 aliphatic carbocycles. The van der Waals surface area contributed by atoms with Crippen LogP contribution < -0.4 is 0 Å². The van der Waals surface area contributed by atoms with Gasteiger partial charge in [-0.1, -0.05) is 78.4 Å². The fourth-order valence-corrected chi connectivity index (χ4v) is 13.4. The van der Waals surface area contributed by atoms with E-state index in [0.717, 1.165) is 49.9 Å². The van der Waals surface area contributed by atoms with Crippen molar-refractivity contribution in [2.45, 2.75) is 167 Å². The van der Waals surface area contributed by atoms with Gasteiger partial charge in [0.25, 0.3) is 0 Å². The Morgan fingerprint density at radius 1 is 0.959 bits per heavy atom. The number of Topliss-reactive ketones (excluding diaryl/α,β-unsaturated/α-hetero) is 1. The lowest BCUT2D eigenvalue weighted by Crippen LogP contribution is -2.65. The van der Waals surface area contributed by atoms with E-state index in [1.165, 1.54) is 51.4 Å². The van der Waals surface area contributed by atoms with Gasteiger partial charge in [0.2, 0.25) is 0 Å². The normalized spacial score (nSPS) is 44.7. The summed E-state index contributed by atoms with van der Waals surface area (Å²) in [5.74, 6) is 0.0664. The average molecular weight is 681 g/mol. The molecule has 0 aliphatic heterocycles. The van der Waals surface area contributed by atoms with E-state index in [1.54, 1.807) is 13.0 Å². The van der Waals surface area contributed by atoms with E-state index >= 15 is 0 Å². The average Bonchev–Trinajstić information content (AvgIpc) is 3.43. The molecule has 3 bridgehead atoms. The summed E-state index contributed by atoms with van der Waals surface area (Å²) in [6, 6.07) is 0. The molecule has 0 heterocycles. The Hall–Kier alpha value is -1.54. The highest BCUT2D eigenvalue weighted by Crippen LogP contribution is 2.82. The number of esters is 1. The Morgan fingerprint density at radius 2 is 1.67 bits per heavy atom. The molecule has 7 heteroatoms. The van der Waals surface area contributed by atoms with Crippen molar-refractivity contribution >= 4 is 11.8 Å². The van der Waals surface area contributed by atoms with Crippen molar-refractivity contribution in [1.29, 1.82) is 0 Å². The van der Waals surface area contributed by atoms with E-state index in [-0.39, 0.29) is 36.1 Å². The molecule has 0 radical (unpaired) electrons. The first-order valence-corrected chi connectivity index (χ1v) is 20.0. The van der Waals surface area contributed by atoms with Crippen LogP contribution in [0.1, 0.15) is 144 Å². The van der Waals surface area contributed by atoms with E-state index in [1.807, 2.05) is 13.0 Å². The Labute approximate surface area is 294 Å². The summed E-state index contributed by atoms with van der Waals surface area (Å²) in [6.07, 6.45) is 19.3.